The highest BCUT2D eigenvalue weighted by molar-refractivity contribution is 6.07. The quantitative estimate of drug-likeness (QED) is 0.523. The van der Waals surface area contributed by atoms with Crippen molar-refractivity contribution >= 4 is 39.4 Å². The van der Waals surface area contributed by atoms with Crippen molar-refractivity contribution in [1.82, 2.24) is 0 Å². The van der Waals surface area contributed by atoms with Crippen LogP contribution in [-0.4, -0.2) is 18.9 Å². The van der Waals surface area contributed by atoms with Gasteiger partial charge in [-0.2, -0.15) is 4.57 Å². The summed E-state index contributed by atoms with van der Waals surface area (Å²) in [6, 6.07) is 14.6. The van der Waals surface area contributed by atoms with Gasteiger partial charge in [-0.25, -0.2) is 0 Å². The van der Waals surface area contributed by atoms with E-state index in [1.165, 1.54) is 6.20 Å². The first-order chi connectivity index (χ1) is 13.5. The van der Waals surface area contributed by atoms with Gasteiger partial charge >= 0.3 is 0 Å². The Balaban J connectivity index is 1.63. The van der Waals surface area contributed by atoms with Gasteiger partial charge in [-0.05, 0) is 18.2 Å². The molecule has 28 heavy (non-hydrogen) atoms. The number of fused-ring (bicyclic) bond motifs is 3. The van der Waals surface area contributed by atoms with Crippen LogP contribution in [0, 0.1) is 0 Å². The number of rotatable bonds is 5. The van der Waals surface area contributed by atoms with Crippen molar-refractivity contribution in [3.8, 4) is 5.75 Å². The summed E-state index contributed by atoms with van der Waals surface area (Å²) in [5.74, 6) is -0.296. The smallest absolute Gasteiger partial charge is 0.290 e. The second kappa shape index (κ2) is 7.03. The number of nitrogens with zero attached hydrogens (tertiary/aromatic N) is 1. The lowest BCUT2D eigenvalue weighted by Gasteiger charge is -2.09. The van der Waals surface area contributed by atoms with Gasteiger partial charge < -0.3 is 20.2 Å². The molecule has 0 atom stereocenters. The molecule has 0 saturated carbocycles. The lowest BCUT2D eigenvalue weighted by atomic mass is 10.1. The number of aromatic nitrogens is 1. The van der Waals surface area contributed by atoms with Crippen LogP contribution in [0.1, 0.15) is 10.4 Å². The Bertz CT molecular complexity index is 1210. The second-order valence-corrected chi connectivity index (χ2v) is 6.32. The fourth-order valence-electron chi connectivity index (χ4n) is 3.14. The van der Waals surface area contributed by atoms with Crippen molar-refractivity contribution < 1.29 is 23.3 Å². The highest BCUT2D eigenvalue weighted by atomic mass is 16.5. The molecular formula is C21H18N3O4+. The van der Waals surface area contributed by atoms with Crippen LogP contribution in [0.25, 0.3) is 21.9 Å². The number of furan rings is 1. The summed E-state index contributed by atoms with van der Waals surface area (Å²) < 4.78 is 12.9. The Morgan fingerprint density at radius 2 is 1.93 bits per heavy atom. The van der Waals surface area contributed by atoms with Crippen molar-refractivity contribution in [2.24, 2.45) is 5.73 Å². The third kappa shape index (κ3) is 3.25. The topological polar surface area (TPSA) is 98.4 Å². The van der Waals surface area contributed by atoms with E-state index in [9.17, 15) is 9.59 Å². The first kappa shape index (κ1) is 17.5. The molecule has 2 aromatic heterocycles. The summed E-state index contributed by atoms with van der Waals surface area (Å²) in [7, 11) is 1.55. The molecule has 7 nitrogen and oxygen atoms in total. The minimum atomic E-state index is -0.549. The van der Waals surface area contributed by atoms with Crippen LogP contribution in [0.3, 0.4) is 0 Å². The highest BCUT2D eigenvalue weighted by Gasteiger charge is 2.17. The molecule has 0 saturated heterocycles. The number of carbonyl (C=O) groups excluding carboxylic acids is 2. The number of amides is 2. The minimum absolute atomic E-state index is 0.0163. The maximum Gasteiger partial charge on any atom is 0.290 e. The molecule has 2 amide bonds. The number of nitrogens with one attached hydrogen (secondary N) is 1. The molecule has 0 aliphatic carbocycles. The van der Waals surface area contributed by atoms with Crippen LogP contribution in [-0.2, 0) is 11.3 Å². The van der Waals surface area contributed by atoms with E-state index >= 15 is 0 Å². The number of methoxy groups -OCH3 is 1. The van der Waals surface area contributed by atoms with E-state index in [1.54, 1.807) is 36.1 Å². The van der Waals surface area contributed by atoms with Crippen LogP contribution >= 0.6 is 0 Å². The minimum Gasteiger partial charge on any atom is -0.495 e. The normalized spacial score (nSPS) is 10.9. The SMILES string of the molecule is COc1cc2c(cc1NC(=O)C[n+]1cccc(C(N)=O)c1)oc1ccccc12. The molecule has 2 heterocycles. The molecular weight excluding hydrogens is 358 g/mol. The summed E-state index contributed by atoms with van der Waals surface area (Å²) in [5, 5.41) is 4.72. The van der Waals surface area contributed by atoms with Crippen molar-refractivity contribution in [2.75, 3.05) is 12.4 Å². The summed E-state index contributed by atoms with van der Waals surface area (Å²) in [6.07, 6.45) is 3.22. The van der Waals surface area contributed by atoms with Gasteiger partial charge in [0.2, 0.25) is 6.54 Å². The number of carbonyl (C=O) groups is 2. The van der Waals surface area contributed by atoms with Crippen LogP contribution in [0.15, 0.2) is 65.3 Å². The van der Waals surface area contributed by atoms with Gasteiger partial charge in [0.25, 0.3) is 11.8 Å². The second-order valence-electron chi connectivity index (χ2n) is 6.32. The Labute approximate surface area is 160 Å². The molecule has 4 rings (SSSR count). The highest BCUT2D eigenvalue weighted by Crippen LogP contribution is 2.36. The molecule has 3 N–H and O–H groups in total. The number of anilines is 1. The molecule has 2 aromatic carbocycles. The van der Waals surface area contributed by atoms with Gasteiger partial charge in [0.1, 0.15) is 22.5 Å². The number of primary amides is 1. The molecule has 7 heteroatoms. The predicted molar refractivity (Wildman–Crippen MR) is 104 cm³/mol. The van der Waals surface area contributed by atoms with Crippen LogP contribution < -0.4 is 20.4 Å². The standard InChI is InChI=1S/C21H17N3O4/c1-27-19-9-15-14-6-2-3-7-17(14)28-18(15)10-16(19)23-20(25)12-24-8-4-5-13(11-24)21(22)26/h2-11H,12H2,1H3,(H2-,22,23,25,26)/p+1. The number of ether oxygens (including phenoxy) is 1. The zero-order valence-corrected chi connectivity index (χ0v) is 15.1. The maximum absolute atomic E-state index is 12.5. The van der Waals surface area contributed by atoms with Gasteiger partial charge in [-0.1, -0.05) is 18.2 Å². The molecule has 4 aromatic rings. The third-order valence-electron chi connectivity index (χ3n) is 4.44. The van der Waals surface area contributed by atoms with Gasteiger partial charge in [0.15, 0.2) is 12.4 Å². The number of benzene rings is 2. The van der Waals surface area contributed by atoms with E-state index in [2.05, 4.69) is 5.32 Å². The fraction of sp³-hybridized carbons (Fsp3) is 0.0952. The Morgan fingerprint density at radius 3 is 2.71 bits per heavy atom. The van der Waals surface area contributed by atoms with E-state index < -0.39 is 5.91 Å². The zero-order chi connectivity index (χ0) is 19.7. The van der Waals surface area contributed by atoms with Gasteiger partial charge in [0.05, 0.1) is 12.8 Å². The van der Waals surface area contributed by atoms with Crippen molar-refractivity contribution in [3.05, 3.63) is 66.5 Å². The van der Waals surface area contributed by atoms with Gasteiger partial charge in [-0.15, -0.1) is 0 Å². The fourth-order valence-corrected chi connectivity index (χ4v) is 3.14. The monoisotopic (exact) mass is 376 g/mol. The van der Waals surface area contributed by atoms with Gasteiger partial charge in [0, 0.05) is 22.9 Å². The molecule has 0 bridgehead atoms. The first-order valence-electron chi connectivity index (χ1n) is 8.63. The number of para-hydroxylation sites is 1. The average Bonchev–Trinajstić information content (AvgIpc) is 3.04. The molecule has 140 valence electrons. The number of pyridine rings is 1. The van der Waals surface area contributed by atoms with Crippen LogP contribution in [0.4, 0.5) is 5.69 Å². The van der Waals surface area contributed by atoms with Gasteiger partial charge in [-0.3, -0.25) is 9.59 Å². The Hall–Kier alpha value is -3.87. The molecule has 0 unspecified atom stereocenters. The Kier molecular flexibility index (Phi) is 4.41. The van der Waals surface area contributed by atoms with Crippen LogP contribution in [0.2, 0.25) is 0 Å². The predicted octanol–water partition coefficient (Wildman–Crippen LogP) is 2.62. The Morgan fingerprint density at radius 1 is 1.11 bits per heavy atom. The molecule has 0 radical (unpaired) electrons. The number of hydrogen-bond acceptors (Lipinski definition) is 4. The van der Waals surface area contributed by atoms with E-state index in [4.69, 9.17) is 14.9 Å². The third-order valence-corrected chi connectivity index (χ3v) is 4.44. The first-order valence-corrected chi connectivity index (χ1v) is 8.63. The molecule has 0 aliphatic rings. The van der Waals surface area contributed by atoms with E-state index in [1.807, 2.05) is 30.3 Å². The number of nitrogens with two attached hydrogens (primary N) is 1. The van der Waals surface area contributed by atoms with E-state index in [-0.39, 0.29) is 12.5 Å². The molecule has 0 fully saturated rings. The molecule has 0 aliphatic heterocycles. The summed E-state index contributed by atoms with van der Waals surface area (Å²) >= 11 is 0. The lowest BCUT2D eigenvalue weighted by molar-refractivity contribution is -0.684. The van der Waals surface area contributed by atoms with E-state index in [0.717, 1.165) is 16.4 Å². The number of hydrogen-bond donors (Lipinski definition) is 2. The lowest BCUT2D eigenvalue weighted by Crippen LogP contribution is -2.40. The summed E-state index contributed by atoms with van der Waals surface area (Å²) in [4.78, 5) is 23.8. The maximum atomic E-state index is 12.5. The van der Waals surface area contributed by atoms with Crippen molar-refractivity contribution in [2.45, 2.75) is 6.54 Å². The van der Waals surface area contributed by atoms with Crippen molar-refractivity contribution in [1.29, 1.82) is 0 Å². The average molecular weight is 376 g/mol. The largest absolute Gasteiger partial charge is 0.495 e. The molecule has 0 spiro atoms. The summed E-state index contributed by atoms with van der Waals surface area (Å²) in [5.41, 5.74) is 7.53. The van der Waals surface area contributed by atoms with E-state index in [0.29, 0.717) is 22.6 Å². The zero-order valence-electron chi connectivity index (χ0n) is 15.1. The van der Waals surface area contributed by atoms with Crippen molar-refractivity contribution in [3.63, 3.8) is 0 Å². The summed E-state index contributed by atoms with van der Waals surface area (Å²) in [6.45, 7) is 0.0163. The van der Waals surface area contributed by atoms with Crippen LogP contribution in [0.5, 0.6) is 5.75 Å².